The minimum absolute atomic E-state index is 0.174. The molecule has 0 aliphatic heterocycles. The Morgan fingerprint density at radius 1 is 1.35 bits per heavy atom. The van der Waals surface area contributed by atoms with Crippen molar-refractivity contribution in [2.75, 3.05) is 19.8 Å². The Morgan fingerprint density at radius 3 is 2.85 bits per heavy atom. The summed E-state index contributed by atoms with van der Waals surface area (Å²) >= 11 is 3.50. The van der Waals surface area contributed by atoms with E-state index in [1.807, 2.05) is 6.92 Å². The summed E-state index contributed by atoms with van der Waals surface area (Å²) < 4.78 is 19.7. The molecule has 0 spiro atoms. The van der Waals surface area contributed by atoms with Crippen LogP contribution in [0, 0.1) is 5.82 Å². The quantitative estimate of drug-likeness (QED) is 0.637. The van der Waals surface area contributed by atoms with Gasteiger partial charge < -0.3 is 10.1 Å². The fourth-order valence-electron chi connectivity index (χ4n) is 2.17. The highest BCUT2D eigenvalue weighted by molar-refractivity contribution is 9.10. The smallest absolute Gasteiger partial charge is 0.123 e. The molecule has 0 saturated carbocycles. The summed E-state index contributed by atoms with van der Waals surface area (Å²) in [6.07, 6.45) is 4.02. The molecule has 114 valence electrons. The zero-order valence-electron chi connectivity index (χ0n) is 12.4. The molecule has 0 aliphatic rings. The second-order valence-corrected chi connectivity index (χ2v) is 5.78. The van der Waals surface area contributed by atoms with Gasteiger partial charge in [-0.3, -0.25) is 0 Å². The molecule has 0 saturated heterocycles. The van der Waals surface area contributed by atoms with Crippen LogP contribution >= 0.6 is 15.9 Å². The topological polar surface area (TPSA) is 21.3 Å². The Kier molecular flexibility index (Phi) is 9.07. The first-order valence-electron chi connectivity index (χ1n) is 7.42. The van der Waals surface area contributed by atoms with Gasteiger partial charge in [0.2, 0.25) is 0 Å². The third-order valence-electron chi connectivity index (χ3n) is 3.20. The van der Waals surface area contributed by atoms with Gasteiger partial charge in [-0.1, -0.05) is 22.9 Å². The molecule has 0 radical (unpaired) electrons. The van der Waals surface area contributed by atoms with Crippen LogP contribution in [-0.4, -0.2) is 25.8 Å². The Labute approximate surface area is 130 Å². The lowest BCUT2D eigenvalue weighted by atomic mass is 10.0. The maximum absolute atomic E-state index is 13.3. The Bertz CT molecular complexity index is 387. The summed E-state index contributed by atoms with van der Waals surface area (Å²) in [5.74, 6) is -0.174. The van der Waals surface area contributed by atoms with Crippen LogP contribution in [0.15, 0.2) is 22.7 Å². The van der Waals surface area contributed by atoms with Crippen molar-refractivity contribution in [3.63, 3.8) is 0 Å². The van der Waals surface area contributed by atoms with Gasteiger partial charge in [0.05, 0.1) is 0 Å². The normalized spacial score (nSPS) is 12.6. The maximum atomic E-state index is 13.3. The van der Waals surface area contributed by atoms with Crippen LogP contribution in [0.5, 0.6) is 0 Å². The molecule has 1 rings (SSSR count). The first-order valence-corrected chi connectivity index (χ1v) is 8.21. The van der Waals surface area contributed by atoms with Gasteiger partial charge in [-0.05, 0) is 62.9 Å². The van der Waals surface area contributed by atoms with Crippen molar-refractivity contribution in [3.8, 4) is 0 Å². The average Bonchev–Trinajstić information content (AvgIpc) is 2.44. The van der Waals surface area contributed by atoms with E-state index in [9.17, 15) is 4.39 Å². The Balaban J connectivity index is 2.55. The molecule has 0 amide bonds. The van der Waals surface area contributed by atoms with Crippen molar-refractivity contribution in [3.05, 3.63) is 34.1 Å². The minimum atomic E-state index is -0.174. The number of nitrogens with one attached hydrogen (secondary N) is 1. The SMILES string of the molecule is CCCNC(CCCOCC)Cc1cc(F)ccc1Br. The second kappa shape index (κ2) is 10.3. The molecule has 0 bridgehead atoms. The highest BCUT2D eigenvalue weighted by Crippen LogP contribution is 2.20. The van der Waals surface area contributed by atoms with E-state index in [2.05, 4.69) is 28.2 Å². The van der Waals surface area contributed by atoms with Gasteiger partial charge in [0.25, 0.3) is 0 Å². The third-order valence-corrected chi connectivity index (χ3v) is 3.98. The minimum Gasteiger partial charge on any atom is -0.382 e. The summed E-state index contributed by atoms with van der Waals surface area (Å²) in [6.45, 7) is 6.72. The standard InChI is InChI=1S/C16H25BrFNO/c1-3-9-19-15(6-5-10-20-4-2)12-13-11-14(18)7-8-16(13)17/h7-8,11,15,19H,3-6,9-10,12H2,1-2H3. The van der Waals surface area contributed by atoms with Crippen LogP contribution < -0.4 is 5.32 Å². The number of hydrogen-bond acceptors (Lipinski definition) is 2. The monoisotopic (exact) mass is 345 g/mol. The zero-order chi connectivity index (χ0) is 14.8. The summed E-state index contributed by atoms with van der Waals surface area (Å²) in [5.41, 5.74) is 1.02. The molecule has 1 atom stereocenters. The predicted octanol–water partition coefficient (Wildman–Crippen LogP) is 4.32. The summed E-state index contributed by atoms with van der Waals surface area (Å²) in [4.78, 5) is 0. The van der Waals surface area contributed by atoms with E-state index in [4.69, 9.17) is 4.74 Å². The average molecular weight is 346 g/mol. The van der Waals surface area contributed by atoms with Gasteiger partial charge >= 0.3 is 0 Å². The van der Waals surface area contributed by atoms with Gasteiger partial charge in [-0.2, -0.15) is 0 Å². The van der Waals surface area contributed by atoms with Crippen LogP contribution in [0.3, 0.4) is 0 Å². The van der Waals surface area contributed by atoms with Crippen molar-refractivity contribution >= 4 is 15.9 Å². The molecule has 1 N–H and O–H groups in total. The molecular formula is C16H25BrFNO. The predicted molar refractivity (Wildman–Crippen MR) is 85.6 cm³/mol. The Hall–Kier alpha value is -0.450. The summed E-state index contributed by atoms with van der Waals surface area (Å²) in [7, 11) is 0. The maximum Gasteiger partial charge on any atom is 0.123 e. The Morgan fingerprint density at radius 2 is 2.15 bits per heavy atom. The van der Waals surface area contributed by atoms with Crippen LogP contribution in [0.2, 0.25) is 0 Å². The van der Waals surface area contributed by atoms with E-state index in [1.165, 1.54) is 6.07 Å². The molecule has 2 nitrogen and oxygen atoms in total. The van der Waals surface area contributed by atoms with Gasteiger partial charge in [-0.15, -0.1) is 0 Å². The number of hydrogen-bond donors (Lipinski definition) is 1. The van der Waals surface area contributed by atoms with Gasteiger partial charge in [-0.25, -0.2) is 4.39 Å². The highest BCUT2D eigenvalue weighted by Gasteiger charge is 2.11. The fraction of sp³-hybridized carbons (Fsp3) is 0.625. The van der Waals surface area contributed by atoms with Crippen LogP contribution in [0.1, 0.15) is 38.7 Å². The highest BCUT2D eigenvalue weighted by atomic mass is 79.9. The van der Waals surface area contributed by atoms with E-state index < -0.39 is 0 Å². The molecule has 1 aromatic carbocycles. The lowest BCUT2D eigenvalue weighted by Gasteiger charge is -2.19. The number of benzene rings is 1. The molecule has 0 aromatic heterocycles. The molecule has 1 aromatic rings. The van der Waals surface area contributed by atoms with E-state index in [0.29, 0.717) is 6.04 Å². The second-order valence-electron chi connectivity index (χ2n) is 4.93. The fourth-order valence-corrected chi connectivity index (χ4v) is 2.57. The van der Waals surface area contributed by atoms with Gasteiger partial charge in [0.15, 0.2) is 0 Å². The first kappa shape index (κ1) is 17.6. The zero-order valence-corrected chi connectivity index (χ0v) is 14.0. The van der Waals surface area contributed by atoms with E-state index in [1.54, 1.807) is 12.1 Å². The van der Waals surface area contributed by atoms with Gasteiger partial charge in [0, 0.05) is 23.7 Å². The molecular weight excluding hydrogens is 321 g/mol. The molecule has 4 heteroatoms. The van der Waals surface area contributed by atoms with E-state index in [-0.39, 0.29) is 5.82 Å². The number of rotatable bonds is 10. The van der Waals surface area contributed by atoms with Crippen LogP contribution in [-0.2, 0) is 11.2 Å². The van der Waals surface area contributed by atoms with Crippen LogP contribution in [0.25, 0.3) is 0 Å². The molecule has 0 heterocycles. The van der Waals surface area contributed by atoms with Crippen LogP contribution in [0.4, 0.5) is 4.39 Å². The number of halogens is 2. The van der Waals surface area contributed by atoms with Crippen molar-refractivity contribution in [1.29, 1.82) is 0 Å². The summed E-state index contributed by atoms with van der Waals surface area (Å²) in [5, 5.41) is 3.54. The lowest BCUT2D eigenvalue weighted by molar-refractivity contribution is 0.140. The molecule has 0 fully saturated rings. The molecule has 1 unspecified atom stereocenters. The third kappa shape index (κ3) is 6.82. The molecule has 0 aliphatic carbocycles. The van der Waals surface area contributed by atoms with E-state index in [0.717, 1.165) is 55.5 Å². The largest absolute Gasteiger partial charge is 0.382 e. The van der Waals surface area contributed by atoms with Crippen molar-refractivity contribution in [2.24, 2.45) is 0 Å². The first-order chi connectivity index (χ1) is 9.67. The molecule has 20 heavy (non-hydrogen) atoms. The summed E-state index contributed by atoms with van der Waals surface area (Å²) in [6, 6.07) is 5.25. The lowest BCUT2D eigenvalue weighted by Crippen LogP contribution is -2.32. The van der Waals surface area contributed by atoms with Gasteiger partial charge in [0.1, 0.15) is 5.82 Å². The van der Waals surface area contributed by atoms with Crippen molar-refractivity contribution in [2.45, 2.75) is 45.6 Å². The van der Waals surface area contributed by atoms with Crippen molar-refractivity contribution in [1.82, 2.24) is 5.32 Å². The van der Waals surface area contributed by atoms with Crippen molar-refractivity contribution < 1.29 is 9.13 Å². The number of ether oxygens (including phenoxy) is 1. The van der Waals surface area contributed by atoms with E-state index >= 15 is 0 Å².